The molecule has 4 heteroatoms. The number of carbonyl (C=O) groups is 1. The Morgan fingerprint density at radius 2 is 1.70 bits per heavy atom. The molecule has 2 aromatic carbocycles. The number of hydrogen-bond acceptors (Lipinski definition) is 3. The minimum atomic E-state index is -0.532. The Bertz CT molecular complexity index is 554. The third-order valence-electron chi connectivity index (χ3n) is 2.64. The summed E-state index contributed by atoms with van der Waals surface area (Å²) in [5.74, 6) is 0.447. The second-order valence-electron chi connectivity index (χ2n) is 4.31. The lowest BCUT2D eigenvalue weighted by Gasteiger charge is -2.08. The van der Waals surface area contributed by atoms with Crippen molar-refractivity contribution in [2.75, 3.05) is 5.75 Å². The average Bonchev–Trinajstić information content (AvgIpc) is 2.47. The Kier molecular flexibility index (Phi) is 6.02. The highest BCUT2D eigenvalue weighted by molar-refractivity contribution is 8.02. The molecule has 2 aromatic rings. The molecule has 0 saturated heterocycles. The van der Waals surface area contributed by atoms with Crippen molar-refractivity contribution in [1.82, 2.24) is 0 Å². The van der Waals surface area contributed by atoms with E-state index in [0.717, 1.165) is 9.79 Å². The third-order valence-corrected chi connectivity index (χ3v) is 5.20. The molecule has 0 aliphatic carbocycles. The number of hydrogen-bond donors (Lipinski definition) is 0. The Morgan fingerprint density at radius 1 is 1.05 bits per heavy atom. The summed E-state index contributed by atoms with van der Waals surface area (Å²) in [5.41, 5.74) is 1.22. The number of alkyl halides is 1. The lowest BCUT2D eigenvalue weighted by atomic mass is 10.2. The zero-order chi connectivity index (χ0) is 14.4. The molecule has 1 atom stereocenters. The predicted molar refractivity (Wildman–Crippen MR) is 88.9 cm³/mol. The van der Waals surface area contributed by atoms with Gasteiger partial charge in [-0.25, -0.2) is 0 Å². The fourth-order valence-electron chi connectivity index (χ4n) is 1.54. The van der Waals surface area contributed by atoms with Gasteiger partial charge in [-0.1, -0.05) is 47.7 Å². The van der Waals surface area contributed by atoms with Crippen LogP contribution in [0.15, 0.2) is 64.4 Å². The topological polar surface area (TPSA) is 17.1 Å². The first-order chi connectivity index (χ1) is 9.65. The van der Waals surface area contributed by atoms with Gasteiger partial charge in [0.25, 0.3) is 0 Å². The fourth-order valence-corrected chi connectivity index (χ4v) is 3.69. The zero-order valence-corrected chi connectivity index (χ0v) is 13.5. The van der Waals surface area contributed by atoms with Gasteiger partial charge in [0, 0.05) is 9.79 Å². The van der Waals surface area contributed by atoms with E-state index >= 15 is 0 Å². The summed E-state index contributed by atoms with van der Waals surface area (Å²) >= 11 is 9.08. The van der Waals surface area contributed by atoms with E-state index in [9.17, 15) is 4.79 Å². The molecule has 0 fully saturated rings. The van der Waals surface area contributed by atoms with Gasteiger partial charge in [-0.2, -0.15) is 0 Å². The van der Waals surface area contributed by atoms with Crippen LogP contribution < -0.4 is 0 Å². The monoisotopic (exact) mass is 322 g/mol. The summed E-state index contributed by atoms with van der Waals surface area (Å²) in [6.45, 7) is 2.05. The molecule has 2 rings (SSSR count). The van der Waals surface area contributed by atoms with Gasteiger partial charge in [-0.3, -0.25) is 4.79 Å². The van der Waals surface area contributed by atoms with Gasteiger partial charge in [0.15, 0.2) is 5.78 Å². The molecule has 0 radical (unpaired) electrons. The van der Waals surface area contributed by atoms with Crippen LogP contribution in [0.5, 0.6) is 0 Å². The zero-order valence-electron chi connectivity index (χ0n) is 11.1. The first-order valence-electron chi connectivity index (χ1n) is 6.23. The molecule has 0 spiro atoms. The van der Waals surface area contributed by atoms with Gasteiger partial charge in [0.05, 0.1) is 5.75 Å². The van der Waals surface area contributed by atoms with Crippen molar-refractivity contribution < 1.29 is 4.79 Å². The number of aryl methyl sites for hydroxylation is 1. The molecule has 0 amide bonds. The summed E-state index contributed by atoms with van der Waals surface area (Å²) in [5, 5.41) is 0. The Balaban J connectivity index is 1.83. The maximum Gasteiger partial charge on any atom is 0.171 e. The van der Waals surface area contributed by atoms with Crippen LogP contribution in [0.4, 0.5) is 0 Å². The number of carbonyl (C=O) groups excluding carboxylic acids is 1. The first-order valence-corrected chi connectivity index (χ1v) is 8.53. The van der Waals surface area contributed by atoms with Crippen molar-refractivity contribution >= 4 is 40.9 Å². The maximum atomic E-state index is 12.0. The summed E-state index contributed by atoms with van der Waals surface area (Å²) in [7, 11) is 0. The summed E-state index contributed by atoms with van der Waals surface area (Å²) in [6.07, 6.45) is 0. The van der Waals surface area contributed by atoms with Crippen molar-refractivity contribution in [1.29, 1.82) is 0 Å². The first kappa shape index (κ1) is 15.5. The highest BCUT2D eigenvalue weighted by Crippen LogP contribution is 2.28. The quantitative estimate of drug-likeness (QED) is 0.549. The Morgan fingerprint density at radius 3 is 2.35 bits per heavy atom. The second-order valence-corrected chi connectivity index (χ2v) is 7.24. The van der Waals surface area contributed by atoms with Crippen molar-refractivity contribution in [2.24, 2.45) is 0 Å². The SMILES string of the molecule is Cc1ccc(SCC(=O)C(Cl)Sc2ccccc2)cc1. The molecule has 104 valence electrons. The standard InChI is InChI=1S/C16H15ClOS2/c1-12-7-9-13(10-8-12)19-11-15(18)16(17)20-14-5-3-2-4-6-14/h2-10,16H,11H2,1H3. The van der Waals surface area contributed by atoms with E-state index < -0.39 is 4.71 Å². The van der Waals surface area contributed by atoms with Crippen molar-refractivity contribution in [3.8, 4) is 0 Å². The highest BCUT2D eigenvalue weighted by atomic mass is 35.5. The second kappa shape index (κ2) is 7.77. The molecule has 0 bridgehead atoms. The Hall–Kier alpha value is -0.900. The number of thioether (sulfide) groups is 2. The van der Waals surface area contributed by atoms with Crippen molar-refractivity contribution in [3.05, 3.63) is 60.2 Å². The van der Waals surface area contributed by atoms with E-state index in [2.05, 4.69) is 0 Å². The largest absolute Gasteiger partial charge is 0.296 e. The van der Waals surface area contributed by atoms with E-state index in [1.165, 1.54) is 29.1 Å². The average molecular weight is 323 g/mol. The van der Waals surface area contributed by atoms with E-state index in [1.807, 2.05) is 61.5 Å². The number of ketones is 1. The minimum absolute atomic E-state index is 0.0473. The van der Waals surface area contributed by atoms with Gasteiger partial charge in [-0.15, -0.1) is 23.4 Å². The van der Waals surface area contributed by atoms with Gasteiger partial charge in [0.1, 0.15) is 4.71 Å². The predicted octanol–water partition coefficient (Wildman–Crippen LogP) is 5.01. The van der Waals surface area contributed by atoms with Gasteiger partial charge >= 0.3 is 0 Å². The van der Waals surface area contributed by atoms with Crippen LogP contribution in [0.2, 0.25) is 0 Å². The minimum Gasteiger partial charge on any atom is -0.296 e. The highest BCUT2D eigenvalue weighted by Gasteiger charge is 2.16. The normalized spacial score (nSPS) is 12.1. The molecule has 0 N–H and O–H groups in total. The van der Waals surface area contributed by atoms with Crippen LogP contribution >= 0.6 is 35.1 Å². The molecule has 1 nitrogen and oxygen atoms in total. The number of Topliss-reactive ketones (excluding diaryl/α,β-unsaturated/α-hetero) is 1. The van der Waals surface area contributed by atoms with Gasteiger partial charge in [0.2, 0.25) is 0 Å². The molecule has 20 heavy (non-hydrogen) atoms. The summed E-state index contributed by atoms with van der Waals surface area (Å²) in [4.78, 5) is 14.1. The van der Waals surface area contributed by atoms with E-state index in [-0.39, 0.29) is 5.78 Å². The summed E-state index contributed by atoms with van der Waals surface area (Å²) in [6, 6.07) is 17.9. The number of benzene rings is 2. The van der Waals surface area contributed by atoms with Crippen LogP contribution in [-0.2, 0) is 4.79 Å². The van der Waals surface area contributed by atoms with Crippen LogP contribution in [0.3, 0.4) is 0 Å². The van der Waals surface area contributed by atoms with E-state index in [1.54, 1.807) is 0 Å². The summed E-state index contributed by atoms with van der Waals surface area (Å²) < 4.78 is -0.532. The molecule has 0 aromatic heterocycles. The maximum absolute atomic E-state index is 12.0. The number of halogens is 1. The molecule has 0 aliphatic rings. The van der Waals surface area contributed by atoms with Gasteiger partial charge < -0.3 is 0 Å². The lowest BCUT2D eigenvalue weighted by Crippen LogP contribution is -2.12. The van der Waals surface area contributed by atoms with E-state index in [4.69, 9.17) is 11.6 Å². The number of rotatable bonds is 6. The van der Waals surface area contributed by atoms with Crippen molar-refractivity contribution in [3.63, 3.8) is 0 Å². The molecule has 1 unspecified atom stereocenters. The Labute approximate surface area is 133 Å². The van der Waals surface area contributed by atoms with Crippen LogP contribution in [-0.4, -0.2) is 16.2 Å². The van der Waals surface area contributed by atoms with Gasteiger partial charge in [-0.05, 0) is 31.2 Å². The lowest BCUT2D eigenvalue weighted by molar-refractivity contribution is -0.114. The molecule has 0 aliphatic heterocycles. The molecule has 0 heterocycles. The van der Waals surface area contributed by atoms with Crippen molar-refractivity contribution in [2.45, 2.75) is 21.4 Å². The van der Waals surface area contributed by atoms with E-state index in [0.29, 0.717) is 5.75 Å². The van der Waals surface area contributed by atoms with Crippen LogP contribution in [0, 0.1) is 6.92 Å². The third kappa shape index (κ3) is 4.89. The fraction of sp³-hybridized carbons (Fsp3) is 0.188. The smallest absolute Gasteiger partial charge is 0.171 e. The van der Waals surface area contributed by atoms with Crippen LogP contribution in [0.1, 0.15) is 5.56 Å². The van der Waals surface area contributed by atoms with Crippen LogP contribution in [0.25, 0.3) is 0 Å². The molecule has 0 saturated carbocycles. The molecular weight excluding hydrogens is 308 g/mol. The molecular formula is C16H15ClOS2.